The highest BCUT2D eigenvalue weighted by Crippen LogP contribution is 2.71. The van der Waals surface area contributed by atoms with Gasteiger partial charge in [-0.25, -0.2) is 0 Å². The summed E-state index contributed by atoms with van der Waals surface area (Å²) in [6.45, 7) is 7.37. The molecule has 6 aliphatic rings. The lowest BCUT2D eigenvalue weighted by atomic mass is 9.40. The quantitative estimate of drug-likeness (QED) is 0.182. The number of anilines is 3. The Labute approximate surface area is 303 Å². The first-order chi connectivity index (χ1) is 24.9. The Kier molecular flexibility index (Phi) is 6.18. The van der Waals surface area contributed by atoms with E-state index in [1.54, 1.807) is 11.1 Å². The first kappa shape index (κ1) is 29.8. The maximum atomic E-state index is 2.60. The monoisotopic (exact) mass is 659 g/mol. The summed E-state index contributed by atoms with van der Waals surface area (Å²) >= 11 is 0. The summed E-state index contributed by atoms with van der Waals surface area (Å²) in [5, 5.41) is 0. The van der Waals surface area contributed by atoms with Gasteiger partial charge in [0.2, 0.25) is 0 Å². The van der Waals surface area contributed by atoms with E-state index in [1.165, 1.54) is 87.3 Å². The lowest BCUT2D eigenvalue weighted by Crippen LogP contribution is -2.58. The Morgan fingerprint density at radius 2 is 1.20 bits per heavy atom. The maximum Gasteiger partial charge on any atom is 0.0543 e. The van der Waals surface area contributed by atoms with Gasteiger partial charge in [0.05, 0.1) is 5.69 Å². The molecule has 12 rings (SSSR count). The van der Waals surface area contributed by atoms with E-state index in [1.807, 2.05) is 0 Å². The van der Waals surface area contributed by atoms with E-state index in [-0.39, 0.29) is 10.8 Å². The third-order valence-electron chi connectivity index (χ3n) is 14.5. The summed E-state index contributed by atoms with van der Waals surface area (Å²) in [5.74, 6) is 4.11. The molecule has 4 fully saturated rings. The van der Waals surface area contributed by atoms with Gasteiger partial charge >= 0.3 is 0 Å². The topological polar surface area (TPSA) is 3.24 Å². The third-order valence-corrected chi connectivity index (χ3v) is 14.5. The molecule has 0 amide bonds. The van der Waals surface area contributed by atoms with Gasteiger partial charge in [0, 0.05) is 27.8 Å². The van der Waals surface area contributed by atoms with Crippen molar-refractivity contribution in [1.82, 2.24) is 0 Å². The number of fused-ring (bicyclic) bond motifs is 6. The van der Waals surface area contributed by atoms with Crippen molar-refractivity contribution in [2.45, 2.75) is 57.3 Å². The largest absolute Gasteiger partial charge is 0.310 e. The molecule has 1 nitrogen and oxygen atoms in total. The highest BCUT2D eigenvalue weighted by Gasteiger charge is 2.63. The minimum atomic E-state index is -0.0653. The van der Waals surface area contributed by atoms with Gasteiger partial charge in [-0.2, -0.15) is 0 Å². The van der Waals surface area contributed by atoms with Crippen LogP contribution in [0.25, 0.3) is 33.4 Å². The Morgan fingerprint density at radius 1 is 0.529 bits per heavy atom. The van der Waals surface area contributed by atoms with E-state index in [4.69, 9.17) is 0 Å². The molecule has 0 heterocycles. The second-order valence-electron chi connectivity index (χ2n) is 17.0. The second kappa shape index (κ2) is 10.6. The molecular weight excluding hydrogens is 615 g/mol. The van der Waals surface area contributed by atoms with Crippen LogP contribution in [0.4, 0.5) is 17.1 Å². The van der Waals surface area contributed by atoms with Crippen LogP contribution in [-0.2, 0) is 10.8 Å². The second-order valence-corrected chi connectivity index (χ2v) is 17.0. The summed E-state index contributed by atoms with van der Waals surface area (Å²) in [4.78, 5) is 2.55. The van der Waals surface area contributed by atoms with E-state index < -0.39 is 0 Å². The number of rotatable bonds is 4. The van der Waals surface area contributed by atoms with Crippen LogP contribution in [-0.4, -0.2) is 0 Å². The summed E-state index contributed by atoms with van der Waals surface area (Å²) < 4.78 is 0. The van der Waals surface area contributed by atoms with Crippen molar-refractivity contribution in [3.63, 3.8) is 0 Å². The van der Waals surface area contributed by atoms with E-state index in [0.29, 0.717) is 0 Å². The SMILES string of the molecule is C[C@H]1[C@@H]2CC3C[C@@H](C2)[C@@]2(c4ccccc4-c4cc(N(c5ccc(-c6ccccc6)cc5)c5cccc6c5-c5ccccc5C6(C)C)ccc42)[C@@H]1C3. The predicted octanol–water partition coefficient (Wildman–Crippen LogP) is 13.1. The van der Waals surface area contributed by atoms with Gasteiger partial charge in [-0.1, -0.05) is 130 Å². The highest BCUT2D eigenvalue weighted by molar-refractivity contribution is 5.96. The molecule has 6 aromatic carbocycles. The lowest BCUT2D eigenvalue weighted by Gasteiger charge is -2.63. The molecule has 0 saturated heterocycles. The van der Waals surface area contributed by atoms with Crippen LogP contribution in [0.3, 0.4) is 0 Å². The molecule has 0 radical (unpaired) electrons. The molecular formula is C50H45N. The van der Waals surface area contributed by atoms with Crippen LogP contribution >= 0.6 is 0 Å². The molecule has 0 aromatic heterocycles. The molecule has 51 heavy (non-hydrogen) atoms. The van der Waals surface area contributed by atoms with Crippen molar-refractivity contribution < 1.29 is 0 Å². The van der Waals surface area contributed by atoms with Crippen molar-refractivity contribution in [2.75, 3.05) is 4.90 Å². The fourth-order valence-corrected chi connectivity index (χ4v) is 12.4. The first-order valence-corrected chi connectivity index (χ1v) is 19.4. The zero-order valence-electron chi connectivity index (χ0n) is 29.9. The third kappa shape index (κ3) is 3.93. The van der Waals surface area contributed by atoms with Crippen LogP contribution in [0.15, 0.2) is 140 Å². The van der Waals surface area contributed by atoms with Crippen molar-refractivity contribution in [3.8, 4) is 33.4 Å². The molecule has 4 saturated carbocycles. The summed E-state index contributed by atoms with van der Waals surface area (Å²) in [6, 6.07) is 53.2. The molecule has 4 bridgehead atoms. The van der Waals surface area contributed by atoms with Gasteiger partial charge in [-0.3, -0.25) is 0 Å². The van der Waals surface area contributed by atoms with Crippen LogP contribution < -0.4 is 4.90 Å². The van der Waals surface area contributed by atoms with Gasteiger partial charge in [-0.15, -0.1) is 0 Å². The highest BCUT2D eigenvalue weighted by atomic mass is 15.1. The fourth-order valence-electron chi connectivity index (χ4n) is 12.4. The molecule has 1 spiro atoms. The summed E-state index contributed by atoms with van der Waals surface area (Å²) in [6.07, 6.45) is 5.67. The van der Waals surface area contributed by atoms with Gasteiger partial charge in [0.25, 0.3) is 0 Å². The molecule has 0 N–H and O–H groups in total. The van der Waals surface area contributed by atoms with E-state index in [2.05, 4.69) is 165 Å². The van der Waals surface area contributed by atoms with Crippen molar-refractivity contribution >= 4 is 17.1 Å². The van der Waals surface area contributed by atoms with E-state index >= 15 is 0 Å². The standard InChI is InChI=1S/C50H45N/c1-31-35-26-32-27-36(29-35)50(46(31)28-32)43-17-10-7-14-39(43)41-30-38(24-25-44(41)50)51(37-22-20-34(21-23-37)33-12-5-4-6-13-33)47-19-11-18-45-48(47)40-15-8-9-16-42(40)49(45,2)3/h4-25,30-32,35-36,46H,26-29H2,1-3H3/t31-,32?,35+,36-,46+,50-/m0/s1. The number of hydrogen-bond acceptors (Lipinski definition) is 1. The lowest BCUT2D eigenvalue weighted by molar-refractivity contribution is -0.0817. The zero-order chi connectivity index (χ0) is 34.1. The minimum Gasteiger partial charge on any atom is -0.310 e. The molecule has 1 heteroatoms. The van der Waals surface area contributed by atoms with Gasteiger partial charge in [0.15, 0.2) is 0 Å². The normalized spacial score (nSPS) is 26.8. The molecule has 1 unspecified atom stereocenters. The van der Waals surface area contributed by atoms with Crippen LogP contribution in [0.1, 0.15) is 68.7 Å². The predicted molar refractivity (Wildman–Crippen MR) is 212 cm³/mol. The number of hydrogen-bond donors (Lipinski definition) is 0. The Bertz CT molecular complexity index is 2350. The van der Waals surface area contributed by atoms with Gasteiger partial charge in [-0.05, 0) is 136 Å². The molecule has 6 aromatic rings. The molecule has 250 valence electrons. The van der Waals surface area contributed by atoms with Crippen LogP contribution in [0.2, 0.25) is 0 Å². The van der Waals surface area contributed by atoms with Crippen molar-refractivity contribution in [1.29, 1.82) is 0 Å². The Hall–Kier alpha value is -4.88. The Morgan fingerprint density at radius 3 is 2.02 bits per heavy atom. The Balaban J connectivity index is 1.13. The van der Waals surface area contributed by atoms with Crippen LogP contribution in [0, 0.1) is 29.6 Å². The van der Waals surface area contributed by atoms with Gasteiger partial charge < -0.3 is 4.90 Å². The molecule has 6 aliphatic carbocycles. The molecule has 6 atom stereocenters. The summed E-state index contributed by atoms with van der Waals surface area (Å²) in [5.41, 5.74) is 17.9. The maximum absolute atomic E-state index is 2.60. The van der Waals surface area contributed by atoms with E-state index in [0.717, 1.165) is 29.6 Å². The first-order valence-electron chi connectivity index (χ1n) is 19.4. The minimum absolute atomic E-state index is 0.0653. The van der Waals surface area contributed by atoms with Crippen molar-refractivity contribution in [2.24, 2.45) is 29.6 Å². The number of nitrogens with zero attached hydrogens (tertiary/aromatic N) is 1. The van der Waals surface area contributed by atoms with Gasteiger partial charge in [0.1, 0.15) is 0 Å². The number of benzene rings is 6. The van der Waals surface area contributed by atoms with Crippen LogP contribution in [0.5, 0.6) is 0 Å². The average molecular weight is 660 g/mol. The zero-order valence-corrected chi connectivity index (χ0v) is 29.9. The van der Waals surface area contributed by atoms with Crippen molar-refractivity contribution in [3.05, 3.63) is 162 Å². The average Bonchev–Trinajstić information content (AvgIpc) is 3.59. The summed E-state index contributed by atoms with van der Waals surface area (Å²) in [7, 11) is 0. The smallest absolute Gasteiger partial charge is 0.0543 e. The fraction of sp³-hybridized carbons (Fsp3) is 0.280. The van der Waals surface area contributed by atoms with E-state index in [9.17, 15) is 0 Å². The molecule has 0 aliphatic heterocycles.